The van der Waals surface area contributed by atoms with Gasteiger partial charge in [0.15, 0.2) is 5.76 Å². The van der Waals surface area contributed by atoms with E-state index in [2.05, 4.69) is 0 Å². The highest BCUT2D eigenvalue weighted by atomic mass is 35.5. The molecule has 0 unspecified atom stereocenters. The molecule has 2 rings (SSSR count). The zero-order valence-corrected chi connectivity index (χ0v) is 11.3. The standard InChI is InChI=1S/C14H13ClO4/c1-8-5-10(15)6-9(2)13(8)19-7-12-11(14(16)17)3-4-18-12/h3-6H,7H2,1-2H3,(H,16,17). The highest BCUT2D eigenvalue weighted by Gasteiger charge is 2.15. The zero-order valence-electron chi connectivity index (χ0n) is 10.6. The van der Waals surface area contributed by atoms with Crippen LogP contribution in [0.2, 0.25) is 5.02 Å². The largest absolute Gasteiger partial charge is 0.485 e. The molecule has 100 valence electrons. The zero-order chi connectivity index (χ0) is 14.0. The number of benzene rings is 1. The van der Waals surface area contributed by atoms with Crippen LogP contribution in [-0.2, 0) is 6.61 Å². The number of carbonyl (C=O) groups is 1. The van der Waals surface area contributed by atoms with Crippen LogP contribution in [-0.4, -0.2) is 11.1 Å². The Kier molecular flexibility index (Phi) is 3.81. The van der Waals surface area contributed by atoms with Crippen molar-refractivity contribution in [3.8, 4) is 5.75 Å². The third-order valence-corrected chi connectivity index (χ3v) is 2.97. The third kappa shape index (κ3) is 2.90. The number of furan rings is 1. The molecule has 0 spiro atoms. The maximum Gasteiger partial charge on any atom is 0.339 e. The summed E-state index contributed by atoms with van der Waals surface area (Å²) in [6, 6.07) is 5.00. The second-order valence-electron chi connectivity index (χ2n) is 4.22. The monoisotopic (exact) mass is 280 g/mol. The van der Waals surface area contributed by atoms with Gasteiger partial charge in [-0.25, -0.2) is 4.79 Å². The number of carboxylic acids is 1. The predicted octanol–water partition coefficient (Wildman–Crippen LogP) is 3.83. The molecule has 0 saturated heterocycles. The van der Waals surface area contributed by atoms with E-state index in [1.54, 1.807) is 12.1 Å². The van der Waals surface area contributed by atoms with E-state index in [-0.39, 0.29) is 12.2 Å². The van der Waals surface area contributed by atoms with Crippen LogP contribution in [0.15, 0.2) is 28.9 Å². The van der Waals surface area contributed by atoms with E-state index in [1.165, 1.54) is 12.3 Å². The van der Waals surface area contributed by atoms with E-state index in [1.807, 2.05) is 13.8 Å². The predicted molar refractivity (Wildman–Crippen MR) is 70.9 cm³/mol. The highest BCUT2D eigenvalue weighted by molar-refractivity contribution is 6.30. The number of hydrogen-bond donors (Lipinski definition) is 1. The lowest BCUT2D eigenvalue weighted by molar-refractivity contribution is 0.0692. The van der Waals surface area contributed by atoms with Gasteiger partial charge in [0.25, 0.3) is 0 Å². The van der Waals surface area contributed by atoms with Crippen LogP contribution >= 0.6 is 11.6 Å². The summed E-state index contributed by atoms with van der Waals surface area (Å²) < 4.78 is 10.8. The Bertz CT molecular complexity index is 593. The van der Waals surface area contributed by atoms with E-state index in [9.17, 15) is 4.79 Å². The summed E-state index contributed by atoms with van der Waals surface area (Å²) in [5.74, 6) is -0.0460. The highest BCUT2D eigenvalue weighted by Crippen LogP contribution is 2.28. The van der Waals surface area contributed by atoms with Crippen molar-refractivity contribution in [2.75, 3.05) is 0 Å². The van der Waals surface area contributed by atoms with E-state index in [0.29, 0.717) is 16.5 Å². The third-order valence-electron chi connectivity index (χ3n) is 2.75. The Labute approximate surface area is 115 Å². The minimum absolute atomic E-state index is 0.0674. The molecule has 5 heteroatoms. The van der Waals surface area contributed by atoms with Crippen LogP contribution in [0.3, 0.4) is 0 Å². The van der Waals surface area contributed by atoms with Crippen LogP contribution in [0.5, 0.6) is 5.75 Å². The van der Waals surface area contributed by atoms with Gasteiger partial charge in [0.1, 0.15) is 17.9 Å². The number of aromatic carboxylic acids is 1. The molecule has 0 saturated carbocycles. The first kappa shape index (κ1) is 13.5. The Balaban J connectivity index is 2.19. The minimum atomic E-state index is -1.03. The summed E-state index contributed by atoms with van der Waals surface area (Å²) in [5, 5.41) is 9.61. The molecule has 0 aliphatic carbocycles. The van der Waals surface area contributed by atoms with Crippen LogP contribution < -0.4 is 4.74 Å². The fraction of sp³-hybridized carbons (Fsp3) is 0.214. The molecule has 1 aromatic heterocycles. The Morgan fingerprint density at radius 1 is 1.37 bits per heavy atom. The van der Waals surface area contributed by atoms with E-state index in [4.69, 9.17) is 25.9 Å². The first-order valence-corrected chi connectivity index (χ1v) is 6.06. The first-order valence-electron chi connectivity index (χ1n) is 5.68. The van der Waals surface area contributed by atoms with Gasteiger partial charge in [-0.2, -0.15) is 0 Å². The van der Waals surface area contributed by atoms with E-state index >= 15 is 0 Å². The molecule has 0 radical (unpaired) electrons. The van der Waals surface area contributed by atoms with E-state index < -0.39 is 5.97 Å². The lowest BCUT2D eigenvalue weighted by Crippen LogP contribution is -2.04. The molecule has 0 bridgehead atoms. The molecule has 4 nitrogen and oxygen atoms in total. The summed E-state index contributed by atoms with van der Waals surface area (Å²) in [5.41, 5.74) is 1.91. The maximum absolute atomic E-state index is 10.9. The molecule has 19 heavy (non-hydrogen) atoms. The molecule has 0 atom stereocenters. The van der Waals surface area contributed by atoms with Crippen molar-refractivity contribution in [1.82, 2.24) is 0 Å². The molecule has 1 heterocycles. The Morgan fingerprint density at radius 3 is 2.58 bits per heavy atom. The van der Waals surface area contributed by atoms with Crippen LogP contribution in [0, 0.1) is 13.8 Å². The van der Waals surface area contributed by atoms with Gasteiger partial charge in [0.2, 0.25) is 0 Å². The Morgan fingerprint density at radius 2 is 2.00 bits per heavy atom. The van der Waals surface area contributed by atoms with Gasteiger partial charge in [-0.05, 0) is 43.2 Å². The summed E-state index contributed by atoms with van der Waals surface area (Å²) in [7, 11) is 0. The molecule has 0 amide bonds. The van der Waals surface area contributed by atoms with E-state index in [0.717, 1.165) is 11.1 Å². The minimum Gasteiger partial charge on any atom is -0.485 e. The molecule has 0 aliphatic rings. The summed E-state index contributed by atoms with van der Waals surface area (Å²) >= 11 is 5.94. The number of ether oxygens (including phenoxy) is 1. The van der Waals surface area contributed by atoms with Gasteiger partial charge >= 0.3 is 5.97 Å². The van der Waals surface area contributed by atoms with Gasteiger partial charge in [-0.15, -0.1) is 0 Å². The van der Waals surface area contributed by atoms with Gasteiger partial charge in [-0.3, -0.25) is 0 Å². The fourth-order valence-electron chi connectivity index (χ4n) is 1.91. The summed E-state index contributed by atoms with van der Waals surface area (Å²) in [4.78, 5) is 10.9. The number of hydrogen-bond acceptors (Lipinski definition) is 3. The van der Waals surface area contributed by atoms with Crippen LogP contribution in [0.1, 0.15) is 27.2 Å². The lowest BCUT2D eigenvalue weighted by atomic mass is 10.1. The van der Waals surface area contributed by atoms with Crippen molar-refractivity contribution in [2.45, 2.75) is 20.5 Å². The quantitative estimate of drug-likeness (QED) is 0.925. The van der Waals surface area contributed by atoms with Crippen LogP contribution in [0.25, 0.3) is 0 Å². The van der Waals surface area contributed by atoms with Gasteiger partial charge in [0, 0.05) is 5.02 Å². The SMILES string of the molecule is Cc1cc(Cl)cc(C)c1OCc1occc1C(=O)O. The van der Waals surface area contributed by atoms with Crippen molar-refractivity contribution < 1.29 is 19.1 Å². The maximum atomic E-state index is 10.9. The second-order valence-corrected chi connectivity index (χ2v) is 4.66. The molecule has 0 aliphatic heterocycles. The molecular weight excluding hydrogens is 268 g/mol. The van der Waals surface area contributed by atoms with Gasteiger partial charge in [-0.1, -0.05) is 11.6 Å². The van der Waals surface area contributed by atoms with Crippen molar-refractivity contribution in [3.05, 3.63) is 51.9 Å². The van der Waals surface area contributed by atoms with Gasteiger partial charge in [0.05, 0.1) is 6.26 Å². The normalized spacial score (nSPS) is 10.5. The molecule has 1 aromatic carbocycles. The smallest absolute Gasteiger partial charge is 0.339 e. The molecule has 2 aromatic rings. The topological polar surface area (TPSA) is 59.7 Å². The van der Waals surface area contributed by atoms with Crippen LogP contribution in [0.4, 0.5) is 0 Å². The fourth-order valence-corrected chi connectivity index (χ4v) is 2.23. The average Bonchev–Trinajstić information content (AvgIpc) is 2.75. The van der Waals surface area contributed by atoms with Crippen molar-refractivity contribution >= 4 is 17.6 Å². The van der Waals surface area contributed by atoms with Crippen molar-refractivity contribution in [2.24, 2.45) is 0 Å². The average molecular weight is 281 g/mol. The lowest BCUT2D eigenvalue weighted by Gasteiger charge is -2.11. The summed E-state index contributed by atoms with van der Waals surface area (Å²) in [6.45, 7) is 3.83. The molecule has 0 fully saturated rings. The summed E-state index contributed by atoms with van der Waals surface area (Å²) in [6.07, 6.45) is 1.34. The number of rotatable bonds is 4. The van der Waals surface area contributed by atoms with Crippen molar-refractivity contribution in [1.29, 1.82) is 0 Å². The molecule has 1 N–H and O–H groups in total. The number of halogens is 1. The second kappa shape index (κ2) is 5.36. The number of aryl methyl sites for hydroxylation is 2. The van der Waals surface area contributed by atoms with Crippen molar-refractivity contribution in [3.63, 3.8) is 0 Å². The first-order chi connectivity index (χ1) is 8.99. The Hall–Kier alpha value is -1.94. The van der Waals surface area contributed by atoms with Gasteiger partial charge < -0.3 is 14.3 Å². The molecular formula is C14H13ClO4. The number of carboxylic acid groups (broad SMARTS) is 1.